The molecule has 0 radical (unpaired) electrons. The molecule has 1 N–H and O–H groups in total. The standard InChI is InChI=1S/C13H11BrN4O2S/c1-6-7(2)21-12-10(6)11(19)16-9(17-12)4-18-5-15-3-8(14)13(18)20/h3,5H,4H2,1-2H3,(H,16,17,19). The number of rotatable bonds is 2. The Balaban J connectivity index is 2.12. The summed E-state index contributed by atoms with van der Waals surface area (Å²) in [6.45, 7) is 4.05. The normalized spacial score (nSPS) is 11.2. The third-order valence-electron chi connectivity index (χ3n) is 3.27. The fraction of sp³-hybridized carbons (Fsp3) is 0.231. The molecule has 0 aromatic carbocycles. The van der Waals surface area contributed by atoms with Crippen molar-refractivity contribution in [3.05, 3.63) is 54.0 Å². The summed E-state index contributed by atoms with van der Waals surface area (Å²) in [5, 5.41) is 0.626. The van der Waals surface area contributed by atoms with Gasteiger partial charge in [-0.1, -0.05) is 0 Å². The molecule has 3 heterocycles. The van der Waals surface area contributed by atoms with Gasteiger partial charge in [0.05, 0.1) is 18.3 Å². The van der Waals surface area contributed by atoms with Crippen molar-refractivity contribution < 1.29 is 0 Å². The zero-order valence-corrected chi connectivity index (χ0v) is 13.7. The molecule has 0 bridgehead atoms. The van der Waals surface area contributed by atoms with Crippen LogP contribution in [0.3, 0.4) is 0 Å². The predicted octanol–water partition coefficient (Wildman–Crippen LogP) is 1.97. The van der Waals surface area contributed by atoms with E-state index in [1.807, 2.05) is 13.8 Å². The largest absolute Gasteiger partial charge is 0.308 e. The maximum absolute atomic E-state index is 12.2. The number of hydrogen-bond donors (Lipinski definition) is 1. The summed E-state index contributed by atoms with van der Waals surface area (Å²) < 4.78 is 1.76. The maximum atomic E-state index is 12.2. The van der Waals surface area contributed by atoms with Gasteiger partial charge in [0.2, 0.25) is 0 Å². The molecule has 0 aliphatic rings. The molecule has 6 nitrogen and oxygen atoms in total. The van der Waals surface area contributed by atoms with Gasteiger partial charge in [-0.05, 0) is 35.3 Å². The second-order valence-corrected chi connectivity index (χ2v) is 6.71. The van der Waals surface area contributed by atoms with Gasteiger partial charge in [-0.2, -0.15) is 0 Å². The number of nitrogens with zero attached hydrogens (tertiary/aromatic N) is 3. The quantitative estimate of drug-likeness (QED) is 0.751. The van der Waals surface area contributed by atoms with E-state index in [-0.39, 0.29) is 17.7 Å². The molecule has 0 amide bonds. The van der Waals surface area contributed by atoms with Gasteiger partial charge in [0.25, 0.3) is 11.1 Å². The number of aryl methyl sites for hydroxylation is 2. The molecule has 3 aromatic heterocycles. The second-order valence-electron chi connectivity index (χ2n) is 4.65. The van der Waals surface area contributed by atoms with Crippen molar-refractivity contribution in [3.63, 3.8) is 0 Å². The lowest BCUT2D eigenvalue weighted by Gasteiger charge is -2.04. The van der Waals surface area contributed by atoms with Crippen LogP contribution < -0.4 is 11.1 Å². The Hall–Kier alpha value is -1.80. The Morgan fingerprint density at radius 2 is 2.14 bits per heavy atom. The van der Waals surface area contributed by atoms with Crippen LogP contribution in [0.4, 0.5) is 0 Å². The van der Waals surface area contributed by atoms with E-state index in [1.165, 1.54) is 28.4 Å². The van der Waals surface area contributed by atoms with E-state index in [0.717, 1.165) is 10.4 Å². The van der Waals surface area contributed by atoms with Gasteiger partial charge >= 0.3 is 0 Å². The van der Waals surface area contributed by atoms with Crippen LogP contribution in [0.15, 0.2) is 26.6 Å². The van der Waals surface area contributed by atoms with E-state index in [4.69, 9.17) is 0 Å². The Morgan fingerprint density at radius 1 is 1.38 bits per heavy atom. The average Bonchev–Trinajstić information content (AvgIpc) is 2.71. The van der Waals surface area contributed by atoms with Crippen LogP contribution in [0.5, 0.6) is 0 Å². The van der Waals surface area contributed by atoms with E-state index < -0.39 is 0 Å². The Labute approximate surface area is 131 Å². The second kappa shape index (κ2) is 5.19. The fourth-order valence-electron chi connectivity index (χ4n) is 2.07. The number of hydrogen-bond acceptors (Lipinski definition) is 5. The predicted molar refractivity (Wildman–Crippen MR) is 85.0 cm³/mol. The topological polar surface area (TPSA) is 80.6 Å². The number of aromatic amines is 1. The summed E-state index contributed by atoms with van der Waals surface area (Å²) in [7, 11) is 0. The lowest BCUT2D eigenvalue weighted by molar-refractivity contribution is 0.694. The number of H-pyrrole nitrogens is 1. The van der Waals surface area contributed by atoms with Crippen LogP contribution >= 0.6 is 27.3 Å². The van der Waals surface area contributed by atoms with Gasteiger partial charge in [-0.25, -0.2) is 9.97 Å². The lowest BCUT2D eigenvalue weighted by atomic mass is 10.2. The zero-order valence-electron chi connectivity index (χ0n) is 11.3. The first kappa shape index (κ1) is 14.2. The molecule has 8 heteroatoms. The minimum Gasteiger partial charge on any atom is -0.308 e. The highest BCUT2D eigenvalue weighted by Gasteiger charge is 2.12. The molecule has 3 rings (SSSR count). The molecule has 0 saturated carbocycles. The van der Waals surface area contributed by atoms with Gasteiger partial charge in [0.15, 0.2) is 0 Å². The summed E-state index contributed by atoms with van der Waals surface area (Å²) in [6.07, 6.45) is 2.85. The van der Waals surface area contributed by atoms with Crippen molar-refractivity contribution in [1.82, 2.24) is 19.5 Å². The van der Waals surface area contributed by atoms with Crippen LogP contribution in [-0.4, -0.2) is 19.5 Å². The first-order valence-electron chi connectivity index (χ1n) is 6.16. The first-order chi connectivity index (χ1) is 9.97. The molecular formula is C13H11BrN4O2S. The van der Waals surface area contributed by atoms with Gasteiger partial charge in [0.1, 0.15) is 15.1 Å². The van der Waals surface area contributed by atoms with Crippen LogP contribution in [-0.2, 0) is 6.54 Å². The molecule has 3 aromatic rings. The zero-order chi connectivity index (χ0) is 15.1. The Bertz CT molecular complexity index is 957. The minimum atomic E-state index is -0.216. The van der Waals surface area contributed by atoms with E-state index >= 15 is 0 Å². The molecule has 0 aliphatic heterocycles. The summed E-state index contributed by atoms with van der Waals surface area (Å²) in [5.74, 6) is 0.441. The average molecular weight is 367 g/mol. The number of nitrogens with one attached hydrogen (secondary N) is 1. The maximum Gasteiger partial charge on any atom is 0.268 e. The van der Waals surface area contributed by atoms with Crippen molar-refractivity contribution in [1.29, 1.82) is 0 Å². The molecule has 0 atom stereocenters. The first-order valence-corrected chi connectivity index (χ1v) is 7.77. The highest BCUT2D eigenvalue weighted by molar-refractivity contribution is 9.10. The highest BCUT2D eigenvalue weighted by atomic mass is 79.9. The smallest absolute Gasteiger partial charge is 0.268 e. The van der Waals surface area contributed by atoms with E-state index in [2.05, 4.69) is 30.9 Å². The van der Waals surface area contributed by atoms with Crippen molar-refractivity contribution in [2.45, 2.75) is 20.4 Å². The van der Waals surface area contributed by atoms with Crippen LogP contribution in [0.25, 0.3) is 10.2 Å². The number of fused-ring (bicyclic) bond motifs is 1. The Morgan fingerprint density at radius 3 is 2.90 bits per heavy atom. The van der Waals surface area contributed by atoms with E-state index in [1.54, 1.807) is 0 Å². The van der Waals surface area contributed by atoms with E-state index in [0.29, 0.717) is 20.5 Å². The van der Waals surface area contributed by atoms with Gasteiger partial charge in [0, 0.05) is 11.1 Å². The summed E-state index contributed by atoms with van der Waals surface area (Å²) in [6, 6.07) is 0. The third-order valence-corrected chi connectivity index (χ3v) is 4.91. The molecule has 0 unspecified atom stereocenters. The Kier molecular flexibility index (Phi) is 3.50. The molecule has 0 aliphatic carbocycles. The molecule has 0 spiro atoms. The molecule has 0 saturated heterocycles. The fourth-order valence-corrected chi connectivity index (χ4v) is 3.47. The number of aromatic nitrogens is 4. The van der Waals surface area contributed by atoms with Crippen LogP contribution in [0.2, 0.25) is 0 Å². The molecular weight excluding hydrogens is 356 g/mol. The van der Waals surface area contributed by atoms with Crippen molar-refractivity contribution in [2.75, 3.05) is 0 Å². The van der Waals surface area contributed by atoms with E-state index in [9.17, 15) is 9.59 Å². The van der Waals surface area contributed by atoms with Crippen molar-refractivity contribution in [2.24, 2.45) is 0 Å². The minimum absolute atomic E-state index is 0.173. The summed E-state index contributed by atoms with van der Waals surface area (Å²) in [5.41, 5.74) is 0.565. The molecule has 0 fully saturated rings. The SMILES string of the molecule is Cc1sc2nc(Cn3cncc(Br)c3=O)[nH]c(=O)c2c1C. The van der Waals surface area contributed by atoms with Gasteiger partial charge in [-0.3, -0.25) is 14.2 Å². The monoisotopic (exact) mass is 366 g/mol. The third kappa shape index (κ3) is 2.44. The number of halogens is 1. The summed E-state index contributed by atoms with van der Waals surface area (Å²) in [4.78, 5) is 37.0. The number of thiophene rings is 1. The lowest BCUT2D eigenvalue weighted by Crippen LogP contribution is -2.23. The highest BCUT2D eigenvalue weighted by Crippen LogP contribution is 2.25. The van der Waals surface area contributed by atoms with Crippen molar-refractivity contribution in [3.8, 4) is 0 Å². The summed E-state index contributed by atoms with van der Waals surface area (Å²) >= 11 is 4.62. The molecule has 21 heavy (non-hydrogen) atoms. The van der Waals surface area contributed by atoms with Crippen LogP contribution in [0.1, 0.15) is 16.3 Å². The van der Waals surface area contributed by atoms with Gasteiger partial charge in [-0.15, -0.1) is 11.3 Å². The van der Waals surface area contributed by atoms with Crippen LogP contribution in [0, 0.1) is 13.8 Å². The van der Waals surface area contributed by atoms with Crippen molar-refractivity contribution >= 4 is 37.5 Å². The molecule has 108 valence electrons. The van der Waals surface area contributed by atoms with Gasteiger partial charge < -0.3 is 4.98 Å².